The summed E-state index contributed by atoms with van der Waals surface area (Å²) in [5.74, 6) is -0.515. The highest BCUT2D eigenvalue weighted by atomic mass is 35.5. The van der Waals surface area contributed by atoms with Crippen LogP contribution in [0, 0.1) is 5.82 Å². The van der Waals surface area contributed by atoms with E-state index in [1.54, 1.807) is 12.3 Å². The molecule has 0 spiro atoms. The SMILES string of the molecule is Fc1cnc(Cl)nc1Nc1ccc2ncccc2c1. The Labute approximate surface area is 113 Å². The van der Waals surface area contributed by atoms with Crippen molar-refractivity contribution in [1.82, 2.24) is 15.0 Å². The first kappa shape index (κ1) is 11.8. The van der Waals surface area contributed by atoms with Gasteiger partial charge in [0.05, 0.1) is 11.7 Å². The Balaban J connectivity index is 1.98. The van der Waals surface area contributed by atoms with E-state index in [2.05, 4.69) is 20.3 Å². The Morgan fingerprint density at radius 1 is 1.16 bits per heavy atom. The summed E-state index contributed by atoms with van der Waals surface area (Å²) in [6.07, 6.45) is 2.75. The number of benzene rings is 1. The first-order valence-electron chi connectivity index (χ1n) is 5.52. The van der Waals surface area contributed by atoms with Crippen molar-refractivity contribution >= 4 is 34.0 Å². The monoisotopic (exact) mass is 274 g/mol. The lowest BCUT2D eigenvalue weighted by atomic mass is 10.2. The van der Waals surface area contributed by atoms with Gasteiger partial charge in [-0.15, -0.1) is 0 Å². The maximum absolute atomic E-state index is 13.5. The third-order valence-corrected chi connectivity index (χ3v) is 2.76. The van der Waals surface area contributed by atoms with E-state index in [-0.39, 0.29) is 11.1 Å². The van der Waals surface area contributed by atoms with Crippen LogP contribution in [0.2, 0.25) is 5.28 Å². The van der Waals surface area contributed by atoms with Crippen LogP contribution in [0.25, 0.3) is 10.9 Å². The molecule has 0 amide bonds. The Hall–Kier alpha value is -2.27. The zero-order chi connectivity index (χ0) is 13.2. The van der Waals surface area contributed by atoms with E-state index in [0.717, 1.165) is 17.1 Å². The number of hydrogen-bond acceptors (Lipinski definition) is 4. The summed E-state index contributed by atoms with van der Waals surface area (Å²) in [6, 6.07) is 9.27. The molecule has 19 heavy (non-hydrogen) atoms. The van der Waals surface area contributed by atoms with E-state index in [1.165, 1.54) is 0 Å². The highest BCUT2D eigenvalue weighted by molar-refractivity contribution is 6.28. The van der Waals surface area contributed by atoms with Crippen molar-refractivity contribution < 1.29 is 4.39 Å². The van der Waals surface area contributed by atoms with Gasteiger partial charge in [-0.3, -0.25) is 4.98 Å². The van der Waals surface area contributed by atoms with Crippen molar-refractivity contribution in [2.75, 3.05) is 5.32 Å². The molecule has 1 aromatic carbocycles. The standard InChI is InChI=1S/C13H8ClFN4/c14-13-17-7-10(15)12(19-13)18-9-3-4-11-8(6-9)2-1-5-16-11/h1-7H,(H,17,18,19). The van der Waals surface area contributed by atoms with E-state index in [1.807, 2.05) is 24.3 Å². The molecule has 94 valence electrons. The second-order valence-electron chi connectivity index (χ2n) is 3.87. The number of anilines is 2. The predicted octanol–water partition coefficient (Wildman–Crippen LogP) is 3.56. The average Bonchev–Trinajstić information content (AvgIpc) is 2.43. The minimum Gasteiger partial charge on any atom is -0.338 e. The van der Waals surface area contributed by atoms with E-state index in [9.17, 15) is 4.39 Å². The first-order valence-corrected chi connectivity index (χ1v) is 5.90. The molecule has 0 atom stereocenters. The number of rotatable bonds is 2. The van der Waals surface area contributed by atoms with Crippen molar-refractivity contribution in [2.45, 2.75) is 0 Å². The van der Waals surface area contributed by atoms with Gasteiger partial charge in [0, 0.05) is 17.3 Å². The number of halogens is 2. The molecule has 6 heteroatoms. The summed E-state index contributed by atoms with van der Waals surface area (Å²) in [5, 5.41) is 3.81. The van der Waals surface area contributed by atoms with Crippen LogP contribution in [-0.2, 0) is 0 Å². The molecule has 0 aliphatic rings. The smallest absolute Gasteiger partial charge is 0.224 e. The number of nitrogens with one attached hydrogen (secondary N) is 1. The quantitative estimate of drug-likeness (QED) is 0.726. The third-order valence-electron chi connectivity index (χ3n) is 2.58. The van der Waals surface area contributed by atoms with E-state index < -0.39 is 5.82 Å². The Morgan fingerprint density at radius 3 is 2.95 bits per heavy atom. The number of aromatic nitrogens is 3. The zero-order valence-electron chi connectivity index (χ0n) is 9.64. The molecule has 2 aromatic heterocycles. The molecule has 3 rings (SSSR count). The van der Waals surface area contributed by atoms with Gasteiger partial charge in [0.15, 0.2) is 11.6 Å². The van der Waals surface area contributed by atoms with Gasteiger partial charge >= 0.3 is 0 Å². The highest BCUT2D eigenvalue weighted by Gasteiger charge is 2.06. The first-order chi connectivity index (χ1) is 9.22. The van der Waals surface area contributed by atoms with Gasteiger partial charge in [0.25, 0.3) is 0 Å². The average molecular weight is 275 g/mol. The fraction of sp³-hybridized carbons (Fsp3) is 0. The van der Waals surface area contributed by atoms with Gasteiger partial charge in [0.1, 0.15) is 0 Å². The molecule has 0 fully saturated rings. The number of pyridine rings is 1. The van der Waals surface area contributed by atoms with E-state index >= 15 is 0 Å². The number of nitrogens with zero attached hydrogens (tertiary/aromatic N) is 3. The van der Waals surface area contributed by atoms with Crippen LogP contribution in [0.15, 0.2) is 42.7 Å². The molecule has 1 N–H and O–H groups in total. The van der Waals surface area contributed by atoms with Gasteiger partial charge in [-0.25, -0.2) is 9.37 Å². The van der Waals surface area contributed by atoms with E-state index in [0.29, 0.717) is 5.69 Å². The van der Waals surface area contributed by atoms with Gasteiger partial charge in [-0.05, 0) is 35.9 Å². The maximum Gasteiger partial charge on any atom is 0.224 e. The summed E-state index contributed by atoms with van der Waals surface area (Å²) >= 11 is 5.64. The molecule has 3 aromatic rings. The lowest BCUT2D eigenvalue weighted by Crippen LogP contribution is -1.98. The second-order valence-corrected chi connectivity index (χ2v) is 4.21. The molecule has 2 heterocycles. The van der Waals surface area contributed by atoms with Crippen molar-refractivity contribution in [3.8, 4) is 0 Å². The zero-order valence-corrected chi connectivity index (χ0v) is 10.4. The molecule has 0 saturated carbocycles. The summed E-state index contributed by atoms with van der Waals surface area (Å²) < 4.78 is 13.5. The molecule has 0 aliphatic carbocycles. The van der Waals surface area contributed by atoms with Crippen molar-refractivity contribution in [3.05, 3.63) is 53.8 Å². The summed E-state index contributed by atoms with van der Waals surface area (Å²) in [4.78, 5) is 11.6. The molecular weight excluding hydrogens is 267 g/mol. The Bertz CT molecular complexity index is 748. The van der Waals surface area contributed by atoms with E-state index in [4.69, 9.17) is 11.6 Å². The normalized spacial score (nSPS) is 10.6. The van der Waals surface area contributed by atoms with Gasteiger partial charge in [-0.1, -0.05) is 6.07 Å². The number of fused-ring (bicyclic) bond motifs is 1. The third kappa shape index (κ3) is 2.46. The molecule has 0 radical (unpaired) electrons. The fourth-order valence-corrected chi connectivity index (χ4v) is 1.86. The van der Waals surface area contributed by atoms with Gasteiger partial charge < -0.3 is 5.32 Å². The lowest BCUT2D eigenvalue weighted by molar-refractivity contribution is 0.619. The predicted molar refractivity (Wildman–Crippen MR) is 72.0 cm³/mol. The molecule has 0 saturated heterocycles. The van der Waals surface area contributed by atoms with Crippen LogP contribution < -0.4 is 5.32 Å². The topological polar surface area (TPSA) is 50.7 Å². The van der Waals surface area contributed by atoms with Crippen LogP contribution in [-0.4, -0.2) is 15.0 Å². The van der Waals surface area contributed by atoms with Crippen LogP contribution in [0.3, 0.4) is 0 Å². The lowest BCUT2D eigenvalue weighted by Gasteiger charge is -2.07. The highest BCUT2D eigenvalue weighted by Crippen LogP contribution is 2.22. The minimum absolute atomic E-state index is 0.00800. The van der Waals surface area contributed by atoms with Crippen LogP contribution in [0.1, 0.15) is 0 Å². The van der Waals surface area contributed by atoms with Crippen LogP contribution in [0.5, 0.6) is 0 Å². The molecule has 0 unspecified atom stereocenters. The maximum atomic E-state index is 13.5. The Morgan fingerprint density at radius 2 is 2.05 bits per heavy atom. The molecular formula is C13H8ClFN4. The largest absolute Gasteiger partial charge is 0.338 e. The summed E-state index contributed by atoms with van der Waals surface area (Å²) in [5.41, 5.74) is 1.57. The Kier molecular flexibility index (Phi) is 2.97. The van der Waals surface area contributed by atoms with Crippen molar-refractivity contribution in [2.24, 2.45) is 0 Å². The summed E-state index contributed by atoms with van der Waals surface area (Å²) in [7, 11) is 0. The van der Waals surface area contributed by atoms with Gasteiger partial charge in [-0.2, -0.15) is 4.98 Å². The number of hydrogen-bond donors (Lipinski definition) is 1. The fourth-order valence-electron chi connectivity index (χ4n) is 1.72. The minimum atomic E-state index is -0.560. The van der Waals surface area contributed by atoms with Crippen molar-refractivity contribution in [3.63, 3.8) is 0 Å². The molecule has 0 aliphatic heterocycles. The molecule has 4 nitrogen and oxygen atoms in total. The van der Waals surface area contributed by atoms with Crippen molar-refractivity contribution in [1.29, 1.82) is 0 Å². The molecule has 0 bridgehead atoms. The van der Waals surface area contributed by atoms with Crippen LogP contribution >= 0.6 is 11.6 Å². The van der Waals surface area contributed by atoms with Gasteiger partial charge in [0.2, 0.25) is 5.28 Å². The summed E-state index contributed by atoms with van der Waals surface area (Å²) in [6.45, 7) is 0. The second kappa shape index (κ2) is 4.78. The van der Waals surface area contributed by atoms with Crippen LogP contribution in [0.4, 0.5) is 15.9 Å².